The van der Waals surface area contributed by atoms with Crippen molar-refractivity contribution >= 4 is 17.6 Å². The second-order valence-electron chi connectivity index (χ2n) is 7.99. The highest BCUT2D eigenvalue weighted by molar-refractivity contribution is 5.84. The minimum absolute atomic E-state index is 0.299. The van der Waals surface area contributed by atoms with Crippen LogP contribution in [0.25, 0.3) is 11.3 Å². The average Bonchev–Trinajstić information content (AvgIpc) is 3.27. The number of nitrogens with zero attached hydrogens (tertiary/aromatic N) is 4. The van der Waals surface area contributed by atoms with Crippen molar-refractivity contribution in [2.75, 3.05) is 25.6 Å². The van der Waals surface area contributed by atoms with Crippen molar-refractivity contribution in [2.45, 2.75) is 37.0 Å². The molecule has 6 N–H and O–H groups in total. The molecule has 0 spiro atoms. The van der Waals surface area contributed by atoms with Crippen LogP contribution < -0.4 is 10.2 Å². The summed E-state index contributed by atoms with van der Waals surface area (Å²) in [6.45, 7) is -1.14. The van der Waals surface area contributed by atoms with Crippen LogP contribution in [-0.2, 0) is 20.9 Å². The molecule has 0 radical (unpaired) electrons. The molecule has 0 aliphatic carbocycles. The Balaban J connectivity index is 1.71. The van der Waals surface area contributed by atoms with Crippen LogP contribution in [0.5, 0.6) is 0 Å². The van der Waals surface area contributed by atoms with Crippen LogP contribution in [-0.4, -0.2) is 104 Å². The maximum Gasteiger partial charge on any atom is 0.370 e. The molecule has 1 aromatic carbocycles. The number of hydrogen-bond donors (Lipinski definition) is 6. The molecule has 0 saturated carbocycles. The molecule has 1 aliphatic heterocycles. The predicted octanol–water partition coefficient (Wildman–Crippen LogP) is -2.06. The zero-order valence-corrected chi connectivity index (χ0v) is 18.5. The number of carboxylic acids is 1. The second-order valence-corrected chi connectivity index (χ2v) is 7.99. The van der Waals surface area contributed by atoms with Crippen LogP contribution in [0.2, 0.25) is 0 Å². The summed E-state index contributed by atoms with van der Waals surface area (Å²) >= 11 is 0. The van der Waals surface area contributed by atoms with E-state index in [1.807, 2.05) is 43.3 Å². The number of aromatic nitrogens is 3. The first kappa shape index (κ1) is 25.1. The molecule has 13 nitrogen and oxygen atoms in total. The number of anilines is 1. The summed E-state index contributed by atoms with van der Waals surface area (Å²) in [6, 6.07) is 6.25. The van der Waals surface area contributed by atoms with Crippen LogP contribution in [0.4, 0.5) is 5.69 Å². The molecule has 5 atom stereocenters. The molecule has 2 aromatic rings. The van der Waals surface area contributed by atoms with Gasteiger partial charge in [-0.2, -0.15) is 0 Å². The quantitative estimate of drug-likeness (QED) is 0.233. The molecule has 1 amide bonds. The first-order valence-corrected chi connectivity index (χ1v) is 10.3. The fourth-order valence-corrected chi connectivity index (χ4v) is 3.43. The maximum absolute atomic E-state index is 12.6. The van der Waals surface area contributed by atoms with Gasteiger partial charge in [0.15, 0.2) is 6.10 Å². The molecule has 0 fully saturated rings. The Bertz CT molecular complexity index is 1040. The Labute approximate surface area is 194 Å². The molecule has 3 rings (SSSR count). The van der Waals surface area contributed by atoms with E-state index in [0.717, 1.165) is 17.3 Å². The summed E-state index contributed by atoms with van der Waals surface area (Å²) < 4.78 is 6.45. The highest BCUT2D eigenvalue weighted by Crippen LogP contribution is 2.23. The van der Waals surface area contributed by atoms with Gasteiger partial charge in [-0.25, -0.2) is 9.48 Å². The summed E-state index contributed by atoms with van der Waals surface area (Å²) in [7, 11) is 3.84. The third-order valence-electron chi connectivity index (χ3n) is 5.29. The van der Waals surface area contributed by atoms with E-state index in [2.05, 4.69) is 15.6 Å². The normalized spacial score (nSPS) is 21.7. The summed E-state index contributed by atoms with van der Waals surface area (Å²) in [5.41, 5.74) is 2.33. The number of aliphatic carboxylic acids is 1. The van der Waals surface area contributed by atoms with Crippen molar-refractivity contribution < 1.29 is 39.9 Å². The fourth-order valence-electron chi connectivity index (χ4n) is 3.43. The summed E-state index contributed by atoms with van der Waals surface area (Å²) in [5, 5.41) is 59.1. The number of hydrogen-bond acceptors (Lipinski definition) is 10. The zero-order chi connectivity index (χ0) is 25.0. The molecule has 1 aromatic heterocycles. The van der Waals surface area contributed by atoms with Gasteiger partial charge in [0.25, 0.3) is 0 Å². The van der Waals surface area contributed by atoms with E-state index in [1.54, 1.807) is 6.20 Å². The lowest BCUT2D eigenvalue weighted by Gasteiger charge is -2.38. The minimum atomic E-state index is -1.80. The van der Waals surface area contributed by atoms with Gasteiger partial charge in [0, 0.05) is 25.3 Å². The number of aliphatic hydroxyl groups excluding tert-OH is 4. The van der Waals surface area contributed by atoms with Gasteiger partial charge >= 0.3 is 5.97 Å². The van der Waals surface area contributed by atoms with Gasteiger partial charge < -0.3 is 40.5 Å². The van der Waals surface area contributed by atoms with Gasteiger partial charge in [-0.1, -0.05) is 17.3 Å². The molecule has 184 valence electrons. The molecule has 0 bridgehead atoms. The number of aliphatic hydroxyl groups is 4. The lowest BCUT2D eigenvalue weighted by atomic mass is 9.94. The highest BCUT2D eigenvalue weighted by Gasteiger charge is 2.43. The largest absolute Gasteiger partial charge is 0.478 e. The number of nitrogens with one attached hydrogen (secondary N) is 1. The van der Waals surface area contributed by atoms with Gasteiger partial charge in [-0.3, -0.25) is 4.79 Å². The van der Waals surface area contributed by atoms with Gasteiger partial charge in [0.2, 0.25) is 11.7 Å². The number of carboxylic acid groups (broad SMARTS) is 1. The van der Waals surface area contributed by atoms with Gasteiger partial charge in [0.1, 0.15) is 30.6 Å². The van der Waals surface area contributed by atoms with Crippen molar-refractivity contribution in [2.24, 2.45) is 0 Å². The van der Waals surface area contributed by atoms with Crippen LogP contribution in [0.3, 0.4) is 0 Å². The van der Waals surface area contributed by atoms with Gasteiger partial charge in [-0.05, 0) is 18.2 Å². The van der Waals surface area contributed by atoms with E-state index in [4.69, 9.17) is 14.9 Å². The number of rotatable bonds is 9. The third-order valence-corrected chi connectivity index (χ3v) is 5.29. The Hall–Kier alpha value is -3.52. The lowest BCUT2D eigenvalue weighted by Crippen LogP contribution is -2.60. The van der Waals surface area contributed by atoms with Crippen molar-refractivity contribution in [1.82, 2.24) is 20.3 Å². The van der Waals surface area contributed by atoms with Crippen LogP contribution in [0.15, 0.2) is 42.3 Å². The van der Waals surface area contributed by atoms with E-state index in [0.29, 0.717) is 5.69 Å². The van der Waals surface area contributed by atoms with Gasteiger partial charge in [0.05, 0.1) is 18.8 Å². The summed E-state index contributed by atoms with van der Waals surface area (Å²) in [6.07, 6.45) is -4.15. The molecule has 13 heteroatoms. The lowest BCUT2D eigenvalue weighted by molar-refractivity contribution is -0.149. The zero-order valence-electron chi connectivity index (χ0n) is 18.5. The SMILES string of the molecule is CN(C)c1ccc(-c2cn(CC(=O)N[C@H]3[C@H]([C@H](O)[C@H](O)CO)OC(C(=O)O)=C[C@@H]3O)nn2)cc1. The number of benzene rings is 1. The molecule has 1 aliphatic rings. The Morgan fingerprint density at radius 3 is 2.50 bits per heavy atom. The topological polar surface area (TPSA) is 190 Å². The molecule has 0 saturated heterocycles. The average molecular weight is 477 g/mol. The molecular formula is C21H27N5O8. The number of ether oxygens (including phenoxy) is 1. The van der Waals surface area contributed by atoms with E-state index in [-0.39, 0.29) is 6.54 Å². The Morgan fingerprint density at radius 2 is 1.91 bits per heavy atom. The van der Waals surface area contributed by atoms with Crippen LogP contribution in [0, 0.1) is 0 Å². The minimum Gasteiger partial charge on any atom is -0.478 e. The maximum atomic E-state index is 12.6. The molecule has 0 unspecified atom stereocenters. The smallest absolute Gasteiger partial charge is 0.370 e. The standard InChI is InChI=1S/C21H27N5O8/c1-25(2)12-5-3-11(4-6-12)13-8-26(24-23-13)9-17(30)22-18-14(28)7-16(21(32)33)34-20(18)19(31)15(29)10-27/h3-8,14-15,18-20,27-29,31H,9-10H2,1-2H3,(H,22,30)(H,32,33)/t14-,15+,18+,19+,20+/m0/s1. The second kappa shape index (κ2) is 10.6. The summed E-state index contributed by atoms with van der Waals surface area (Å²) in [5.74, 6) is -2.81. The van der Waals surface area contributed by atoms with Crippen LogP contribution >= 0.6 is 0 Å². The highest BCUT2D eigenvalue weighted by atomic mass is 16.5. The Morgan fingerprint density at radius 1 is 1.24 bits per heavy atom. The van der Waals surface area contributed by atoms with E-state index >= 15 is 0 Å². The monoisotopic (exact) mass is 477 g/mol. The molecule has 34 heavy (non-hydrogen) atoms. The number of carbonyl (C=O) groups excluding carboxylic acids is 1. The van der Waals surface area contributed by atoms with Crippen LogP contribution in [0.1, 0.15) is 0 Å². The van der Waals surface area contributed by atoms with Crippen molar-refractivity contribution in [3.05, 3.63) is 42.3 Å². The third kappa shape index (κ3) is 5.69. The van der Waals surface area contributed by atoms with Crippen molar-refractivity contribution in [3.8, 4) is 11.3 Å². The van der Waals surface area contributed by atoms with Crippen molar-refractivity contribution in [1.29, 1.82) is 0 Å². The molecule has 2 heterocycles. The fraction of sp³-hybridized carbons (Fsp3) is 0.429. The first-order valence-electron chi connectivity index (χ1n) is 10.3. The van der Waals surface area contributed by atoms with Crippen molar-refractivity contribution in [3.63, 3.8) is 0 Å². The predicted molar refractivity (Wildman–Crippen MR) is 117 cm³/mol. The molecular weight excluding hydrogens is 450 g/mol. The Kier molecular flexibility index (Phi) is 7.83. The first-order chi connectivity index (χ1) is 16.1. The van der Waals surface area contributed by atoms with E-state index in [1.165, 1.54) is 4.68 Å². The number of amides is 1. The summed E-state index contributed by atoms with van der Waals surface area (Å²) in [4.78, 5) is 25.8. The number of carbonyl (C=O) groups is 2. The van der Waals surface area contributed by atoms with E-state index < -0.39 is 54.7 Å². The van der Waals surface area contributed by atoms with Gasteiger partial charge in [-0.15, -0.1) is 5.10 Å². The van der Waals surface area contributed by atoms with E-state index in [9.17, 15) is 24.9 Å².